The predicted molar refractivity (Wildman–Crippen MR) is 153 cm³/mol. The Balaban J connectivity index is 1.32. The number of aryl methyl sites for hydroxylation is 1. The van der Waals surface area contributed by atoms with Gasteiger partial charge in [0.05, 0.1) is 23.0 Å². The van der Waals surface area contributed by atoms with Gasteiger partial charge in [0.25, 0.3) is 5.91 Å². The van der Waals surface area contributed by atoms with E-state index in [1.165, 1.54) is 7.11 Å². The van der Waals surface area contributed by atoms with Crippen LogP contribution in [-0.4, -0.2) is 32.6 Å². The topological polar surface area (TPSA) is 81.4 Å². The molecule has 206 valence electrons. The SMILES string of the molecule is COc1cccc(-c2cc(C(F)(F)F)n3nc(C(=O)Nc4ccc(-c5nc6ccc(C)cc6s5)cc4)c(Cl)c3n2)c1. The van der Waals surface area contributed by atoms with Gasteiger partial charge < -0.3 is 10.1 Å². The number of halogens is 4. The van der Waals surface area contributed by atoms with E-state index in [2.05, 4.69) is 26.4 Å². The van der Waals surface area contributed by atoms with Gasteiger partial charge in [-0.15, -0.1) is 11.3 Å². The standard InChI is InChI=1S/C29H19ClF3N5O2S/c1-15-6-11-20-22(12-15)41-28(36-20)16-7-9-18(10-8-16)34-27(39)25-24(30)26-35-21(17-4-3-5-19(13-17)40-2)14-23(29(31,32)33)38(26)37-25/h3-14H,1-2H3,(H,34,39). The zero-order valence-corrected chi connectivity index (χ0v) is 23.0. The van der Waals surface area contributed by atoms with E-state index in [9.17, 15) is 18.0 Å². The molecule has 12 heteroatoms. The highest BCUT2D eigenvalue weighted by molar-refractivity contribution is 7.21. The molecule has 0 saturated heterocycles. The maximum absolute atomic E-state index is 14.1. The zero-order valence-electron chi connectivity index (χ0n) is 21.5. The Morgan fingerprint density at radius 3 is 2.51 bits per heavy atom. The highest BCUT2D eigenvalue weighted by atomic mass is 35.5. The number of methoxy groups -OCH3 is 1. The summed E-state index contributed by atoms with van der Waals surface area (Å²) in [5.41, 5.74) is 1.87. The Hall–Kier alpha value is -4.48. The molecule has 0 radical (unpaired) electrons. The van der Waals surface area contributed by atoms with Crippen molar-refractivity contribution in [2.75, 3.05) is 12.4 Å². The van der Waals surface area contributed by atoms with Gasteiger partial charge in [-0.25, -0.2) is 14.5 Å². The Labute approximate surface area is 240 Å². The van der Waals surface area contributed by atoms with E-state index in [-0.39, 0.29) is 16.4 Å². The van der Waals surface area contributed by atoms with Crippen LogP contribution in [0.15, 0.2) is 72.8 Å². The molecule has 0 spiro atoms. The fraction of sp³-hybridized carbons (Fsp3) is 0.103. The second kappa shape index (κ2) is 10.2. The van der Waals surface area contributed by atoms with Gasteiger partial charge in [0, 0.05) is 16.8 Å². The van der Waals surface area contributed by atoms with Crippen LogP contribution in [0.4, 0.5) is 18.9 Å². The number of alkyl halides is 3. The minimum atomic E-state index is -4.80. The number of aromatic nitrogens is 4. The van der Waals surface area contributed by atoms with Gasteiger partial charge in [-0.2, -0.15) is 18.3 Å². The average molecular weight is 594 g/mol. The van der Waals surface area contributed by atoms with Crippen LogP contribution >= 0.6 is 22.9 Å². The quantitative estimate of drug-likeness (QED) is 0.220. The molecule has 41 heavy (non-hydrogen) atoms. The number of benzene rings is 3. The molecular formula is C29H19ClF3N5O2S. The predicted octanol–water partition coefficient (Wildman–Crippen LogP) is 7.91. The summed E-state index contributed by atoms with van der Waals surface area (Å²) in [5, 5.41) is 7.06. The molecule has 3 heterocycles. The van der Waals surface area contributed by atoms with E-state index in [1.54, 1.807) is 59.9 Å². The molecule has 6 aromatic rings. The molecule has 1 amide bonds. The van der Waals surface area contributed by atoms with Crippen LogP contribution in [0.3, 0.4) is 0 Å². The first-order chi connectivity index (χ1) is 19.6. The summed E-state index contributed by atoms with van der Waals surface area (Å²) in [6, 6.07) is 20.3. The van der Waals surface area contributed by atoms with Crippen LogP contribution < -0.4 is 10.1 Å². The molecule has 3 aromatic carbocycles. The lowest BCUT2D eigenvalue weighted by Crippen LogP contribution is -2.15. The summed E-state index contributed by atoms with van der Waals surface area (Å²) in [6.07, 6.45) is -4.80. The van der Waals surface area contributed by atoms with Gasteiger partial charge in [-0.1, -0.05) is 29.8 Å². The maximum Gasteiger partial charge on any atom is 0.433 e. The third-order valence-electron chi connectivity index (χ3n) is 6.34. The van der Waals surface area contributed by atoms with Crippen molar-refractivity contribution in [3.63, 3.8) is 0 Å². The lowest BCUT2D eigenvalue weighted by atomic mass is 10.1. The third kappa shape index (κ3) is 5.09. The number of nitrogens with zero attached hydrogens (tertiary/aromatic N) is 4. The first-order valence-corrected chi connectivity index (χ1v) is 13.4. The maximum atomic E-state index is 14.1. The Kier molecular flexibility index (Phi) is 6.63. The van der Waals surface area contributed by atoms with Crippen molar-refractivity contribution >= 4 is 50.4 Å². The minimum absolute atomic E-state index is 0.00178. The number of rotatable bonds is 5. The van der Waals surface area contributed by atoms with Gasteiger partial charge in [0.15, 0.2) is 17.0 Å². The van der Waals surface area contributed by atoms with Gasteiger partial charge in [-0.3, -0.25) is 4.79 Å². The highest BCUT2D eigenvalue weighted by Gasteiger charge is 2.36. The molecule has 0 aliphatic heterocycles. The lowest BCUT2D eigenvalue weighted by Gasteiger charge is -2.11. The van der Waals surface area contributed by atoms with Crippen molar-refractivity contribution in [2.45, 2.75) is 13.1 Å². The first kappa shape index (κ1) is 26.7. The summed E-state index contributed by atoms with van der Waals surface area (Å²) in [7, 11) is 1.45. The second-order valence-corrected chi connectivity index (χ2v) is 10.6. The second-order valence-electron chi connectivity index (χ2n) is 9.18. The zero-order chi connectivity index (χ0) is 28.9. The van der Waals surface area contributed by atoms with Crippen LogP contribution in [0.5, 0.6) is 5.75 Å². The first-order valence-electron chi connectivity index (χ1n) is 12.2. The summed E-state index contributed by atoms with van der Waals surface area (Å²) in [5.74, 6) is -0.332. The van der Waals surface area contributed by atoms with E-state index < -0.39 is 23.5 Å². The molecule has 0 aliphatic rings. The van der Waals surface area contributed by atoms with E-state index in [4.69, 9.17) is 16.3 Å². The van der Waals surface area contributed by atoms with Gasteiger partial charge in [0.1, 0.15) is 15.8 Å². The monoisotopic (exact) mass is 593 g/mol. The normalized spacial score (nSPS) is 11.8. The molecule has 1 N–H and O–H groups in total. The Morgan fingerprint density at radius 1 is 1.00 bits per heavy atom. The van der Waals surface area contributed by atoms with Crippen LogP contribution in [0, 0.1) is 6.92 Å². The molecule has 0 unspecified atom stereocenters. The Bertz CT molecular complexity index is 1950. The number of carbonyl (C=O) groups excluding carboxylic acids is 1. The van der Waals surface area contributed by atoms with Crippen LogP contribution in [0.1, 0.15) is 21.7 Å². The minimum Gasteiger partial charge on any atom is -0.497 e. The summed E-state index contributed by atoms with van der Waals surface area (Å²) in [4.78, 5) is 22.1. The molecule has 0 bridgehead atoms. The fourth-order valence-corrected chi connectivity index (χ4v) is 5.63. The van der Waals surface area contributed by atoms with E-state index in [0.29, 0.717) is 21.5 Å². The Morgan fingerprint density at radius 2 is 1.78 bits per heavy atom. The highest BCUT2D eigenvalue weighted by Crippen LogP contribution is 2.36. The lowest BCUT2D eigenvalue weighted by molar-refractivity contribution is -0.142. The van der Waals surface area contributed by atoms with E-state index >= 15 is 0 Å². The number of fused-ring (bicyclic) bond motifs is 2. The number of amides is 1. The molecule has 0 aliphatic carbocycles. The average Bonchev–Trinajstić information content (AvgIpc) is 3.53. The summed E-state index contributed by atoms with van der Waals surface area (Å²) < 4.78 is 48.9. The van der Waals surface area contributed by atoms with Crippen molar-refractivity contribution in [2.24, 2.45) is 0 Å². The van der Waals surface area contributed by atoms with E-state index in [1.807, 2.05) is 19.1 Å². The van der Waals surface area contributed by atoms with Crippen molar-refractivity contribution in [3.8, 4) is 27.6 Å². The molecule has 0 saturated carbocycles. The number of carbonyl (C=O) groups is 1. The van der Waals surface area contributed by atoms with Crippen molar-refractivity contribution in [1.82, 2.24) is 19.6 Å². The van der Waals surface area contributed by atoms with Crippen molar-refractivity contribution in [1.29, 1.82) is 0 Å². The van der Waals surface area contributed by atoms with Crippen molar-refractivity contribution in [3.05, 3.63) is 94.8 Å². The number of ether oxygens (including phenoxy) is 1. The number of nitrogens with one attached hydrogen (secondary N) is 1. The largest absolute Gasteiger partial charge is 0.497 e. The van der Waals surface area contributed by atoms with E-state index in [0.717, 1.165) is 32.4 Å². The van der Waals surface area contributed by atoms with Crippen LogP contribution in [-0.2, 0) is 6.18 Å². The molecule has 6 rings (SSSR count). The van der Waals surface area contributed by atoms with Crippen LogP contribution in [0.25, 0.3) is 37.7 Å². The fourth-order valence-electron chi connectivity index (χ4n) is 4.31. The summed E-state index contributed by atoms with van der Waals surface area (Å²) in [6.45, 7) is 2.02. The number of hydrogen-bond acceptors (Lipinski definition) is 6. The molecular weight excluding hydrogens is 575 g/mol. The molecule has 0 atom stereocenters. The third-order valence-corrected chi connectivity index (χ3v) is 7.75. The molecule has 7 nitrogen and oxygen atoms in total. The van der Waals surface area contributed by atoms with Gasteiger partial charge >= 0.3 is 6.18 Å². The number of thiazole rings is 1. The van der Waals surface area contributed by atoms with Crippen molar-refractivity contribution < 1.29 is 22.7 Å². The number of hydrogen-bond donors (Lipinski definition) is 1. The molecule has 0 fully saturated rings. The summed E-state index contributed by atoms with van der Waals surface area (Å²) >= 11 is 7.96. The molecule has 3 aromatic heterocycles. The van der Waals surface area contributed by atoms with Crippen LogP contribution in [0.2, 0.25) is 5.02 Å². The number of anilines is 1. The smallest absolute Gasteiger partial charge is 0.433 e. The van der Waals surface area contributed by atoms with Gasteiger partial charge in [0.2, 0.25) is 0 Å². The van der Waals surface area contributed by atoms with Gasteiger partial charge in [-0.05, 0) is 67.1 Å².